The molecule has 1 aromatic carbocycles. The van der Waals surface area contributed by atoms with E-state index in [2.05, 4.69) is 55.8 Å². The maximum atomic E-state index is 6.21. The minimum atomic E-state index is -0.209. The summed E-state index contributed by atoms with van der Waals surface area (Å²) in [6.07, 6.45) is 18.0. The number of rotatable bonds is 15. The van der Waals surface area contributed by atoms with Crippen LogP contribution in [0, 0.1) is 5.41 Å². The van der Waals surface area contributed by atoms with Gasteiger partial charge in [-0.3, -0.25) is 0 Å². The van der Waals surface area contributed by atoms with Crippen LogP contribution in [0.4, 0.5) is 0 Å². The topological polar surface area (TPSA) is 18.5 Å². The average molecular weight is 496 g/mol. The summed E-state index contributed by atoms with van der Waals surface area (Å²) in [5, 5.41) is 0. The zero-order valence-corrected chi connectivity index (χ0v) is 22.3. The Hall–Kier alpha value is -0.380. The maximum absolute atomic E-state index is 6.21. The Morgan fingerprint density at radius 3 is 1.77 bits per heavy atom. The van der Waals surface area contributed by atoms with Crippen molar-refractivity contribution >= 4 is 15.9 Å². The van der Waals surface area contributed by atoms with Gasteiger partial charge in [-0.15, -0.1) is 0 Å². The lowest BCUT2D eigenvalue weighted by Crippen LogP contribution is -2.34. The fraction of sp³-hybridized carbons (Fsp3) is 0.786. The number of aryl methyl sites for hydroxylation is 2. The molecule has 1 aromatic rings. The molecule has 0 spiro atoms. The molecule has 1 aliphatic rings. The lowest BCUT2D eigenvalue weighted by atomic mass is 9.93. The Balaban J connectivity index is 2.01. The predicted molar refractivity (Wildman–Crippen MR) is 137 cm³/mol. The highest BCUT2D eigenvalue weighted by Crippen LogP contribution is 2.36. The standard InChI is InChI=1S/C28H47BrO2/c1-5-7-9-11-13-15-17-23-20-26(29)24(18-16-14-12-10-8-6-2)19-25(23)27-30-21-28(3,4)22-31-27/h19-20,27H,5-18,21-22H2,1-4H3. The van der Waals surface area contributed by atoms with Gasteiger partial charge in [-0.25, -0.2) is 0 Å². The molecule has 0 atom stereocenters. The van der Waals surface area contributed by atoms with Gasteiger partial charge in [0, 0.05) is 15.5 Å². The molecule has 0 unspecified atom stereocenters. The van der Waals surface area contributed by atoms with E-state index in [0.717, 1.165) is 26.1 Å². The number of unbranched alkanes of at least 4 members (excludes halogenated alkanes) is 10. The van der Waals surface area contributed by atoms with E-state index in [1.54, 1.807) is 0 Å². The first-order valence-corrected chi connectivity index (χ1v) is 13.8. The third kappa shape index (κ3) is 9.96. The molecule has 178 valence electrons. The van der Waals surface area contributed by atoms with Crippen molar-refractivity contribution in [3.63, 3.8) is 0 Å². The van der Waals surface area contributed by atoms with E-state index < -0.39 is 0 Å². The third-order valence-corrected chi connectivity index (χ3v) is 7.15. The molecular weight excluding hydrogens is 448 g/mol. The van der Waals surface area contributed by atoms with Crippen molar-refractivity contribution in [2.75, 3.05) is 13.2 Å². The van der Waals surface area contributed by atoms with Gasteiger partial charge in [0.1, 0.15) is 0 Å². The molecule has 0 amide bonds. The first-order valence-electron chi connectivity index (χ1n) is 13.0. The number of hydrogen-bond donors (Lipinski definition) is 0. The fourth-order valence-electron chi connectivity index (χ4n) is 4.37. The molecule has 1 fully saturated rings. The van der Waals surface area contributed by atoms with Crippen molar-refractivity contribution in [2.45, 2.75) is 124 Å². The summed E-state index contributed by atoms with van der Waals surface area (Å²) >= 11 is 3.88. The molecular formula is C28H47BrO2. The fourth-order valence-corrected chi connectivity index (χ4v) is 4.96. The zero-order chi connectivity index (χ0) is 22.5. The Morgan fingerprint density at radius 2 is 1.23 bits per heavy atom. The van der Waals surface area contributed by atoms with E-state index in [0.29, 0.717) is 0 Å². The van der Waals surface area contributed by atoms with Gasteiger partial charge in [0.15, 0.2) is 6.29 Å². The smallest absolute Gasteiger partial charge is 0.184 e. The van der Waals surface area contributed by atoms with E-state index in [4.69, 9.17) is 9.47 Å². The Kier molecular flexibility index (Phi) is 12.7. The van der Waals surface area contributed by atoms with Crippen molar-refractivity contribution in [1.82, 2.24) is 0 Å². The van der Waals surface area contributed by atoms with E-state index >= 15 is 0 Å². The molecule has 31 heavy (non-hydrogen) atoms. The van der Waals surface area contributed by atoms with Crippen LogP contribution in [-0.4, -0.2) is 13.2 Å². The van der Waals surface area contributed by atoms with Gasteiger partial charge in [0.05, 0.1) is 13.2 Å². The molecule has 1 heterocycles. The summed E-state index contributed by atoms with van der Waals surface area (Å²) in [4.78, 5) is 0. The Morgan fingerprint density at radius 1 is 0.742 bits per heavy atom. The number of ether oxygens (including phenoxy) is 2. The minimum Gasteiger partial charge on any atom is -0.348 e. The second-order valence-electron chi connectivity index (χ2n) is 10.3. The van der Waals surface area contributed by atoms with Gasteiger partial charge in [0.25, 0.3) is 0 Å². The number of halogens is 1. The Labute approximate surface area is 201 Å². The summed E-state index contributed by atoms with van der Waals surface area (Å²) < 4.78 is 13.7. The van der Waals surface area contributed by atoms with E-state index in [9.17, 15) is 0 Å². The lowest BCUT2D eigenvalue weighted by molar-refractivity contribution is -0.226. The van der Waals surface area contributed by atoms with Gasteiger partial charge >= 0.3 is 0 Å². The quantitative estimate of drug-likeness (QED) is 0.226. The van der Waals surface area contributed by atoms with Crippen LogP contribution < -0.4 is 0 Å². The average Bonchev–Trinajstić information content (AvgIpc) is 2.74. The van der Waals surface area contributed by atoms with Crippen molar-refractivity contribution in [3.8, 4) is 0 Å². The molecule has 1 aliphatic heterocycles. The third-order valence-electron chi connectivity index (χ3n) is 6.41. The number of hydrogen-bond acceptors (Lipinski definition) is 2. The van der Waals surface area contributed by atoms with Crippen LogP contribution in [-0.2, 0) is 22.3 Å². The number of benzene rings is 1. The normalized spacial score (nSPS) is 16.7. The first kappa shape index (κ1) is 26.9. The molecule has 0 saturated carbocycles. The zero-order valence-electron chi connectivity index (χ0n) is 20.7. The molecule has 0 aliphatic carbocycles. The van der Waals surface area contributed by atoms with Gasteiger partial charge in [-0.2, -0.15) is 0 Å². The summed E-state index contributed by atoms with van der Waals surface area (Å²) in [6, 6.07) is 4.74. The van der Waals surface area contributed by atoms with Gasteiger partial charge in [0.2, 0.25) is 0 Å². The van der Waals surface area contributed by atoms with Crippen LogP contribution in [0.25, 0.3) is 0 Å². The summed E-state index contributed by atoms with van der Waals surface area (Å²) in [5.74, 6) is 0. The maximum Gasteiger partial charge on any atom is 0.184 e. The predicted octanol–water partition coefficient (Wildman–Crippen LogP) is 9.33. The van der Waals surface area contributed by atoms with Crippen molar-refractivity contribution in [1.29, 1.82) is 0 Å². The molecule has 2 nitrogen and oxygen atoms in total. The van der Waals surface area contributed by atoms with Crippen LogP contribution in [0.2, 0.25) is 0 Å². The van der Waals surface area contributed by atoms with Crippen molar-refractivity contribution < 1.29 is 9.47 Å². The van der Waals surface area contributed by atoms with E-state index in [1.165, 1.54) is 98.2 Å². The van der Waals surface area contributed by atoms with Gasteiger partial charge in [-0.05, 0) is 48.9 Å². The molecule has 0 bridgehead atoms. The highest BCUT2D eigenvalue weighted by Gasteiger charge is 2.30. The van der Waals surface area contributed by atoms with Crippen molar-refractivity contribution in [3.05, 3.63) is 33.3 Å². The van der Waals surface area contributed by atoms with Gasteiger partial charge in [-0.1, -0.05) is 108 Å². The van der Waals surface area contributed by atoms with Crippen LogP contribution in [0.5, 0.6) is 0 Å². The van der Waals surface area contributed by atoms with Crippen LogP contribution in [0.3, 0.4) is 0 Å². The second-order valence-corrected chi connectivity index (χ2v) is 11.2. The molecule has 2 rings (SSSR count). The van der Waals surface area contributed by atoms with Crippen LogP contribution in [0.1, 0.15) is 128 Å². The van der Waals surface area contributed by atoms with Gasteiger partial charge < -0.3 is 9.47 Å². The monoisotopic (exact) mass is 494 g/mol. The second kappa shape index (κ2) is 14.7. The highest BCUT2D eigenvalue weighted by atomic mass is 79.9. The first-order chi connectivity index (χ1) is 15.0. The molecule has 0 radical (unpaired) electrons. The molecule has 0 N–H and O–H groups in total. The van der Waals surface area contributed by atoms with Crippen LogP contribution in [0.15, 0.2) is 16.6 Å². The van der Waals surface area contributed by atoms with E-state index in [1.807, 2.05) is 0 Å². The summed E-state index contributed by atoms with van der Waals surface area (Å²) in [6.45, 7) is 10.5. The Bertz CT molecular complexity index is 616. The lowest BCUT2D eigenvalue weighted by Gasteiger charge is -2.35. The summed E-state index contributed by atoms with van der Waals surface area (Å²) in [5.41, 5.74) is 4.19. The minimum absolute atomic E-state index is 0.104. The highest BCUT2D eigenvalue weighted by molar-refractivity contribution is 9.10. The van der Waals surface area contributed by atoms with Crippen LogP contribution >= 0.6 is 15.9 Å². The van der Waals surface area contributed by atoms with E-state index in [-0.39, 0.29) is 11.7 Å². The molecule has 1 saturated heterocycles. The molecule has 0 aromatic heterocycles. The summed E-state index contributed by atoms with van der Waals surface area (Å²) in [7, 11) is 0. The largest absolute Gasteiger partial charge is 0.348 e. The van der Waals surface area contributed by atoms with Crippen molar-refractivity contribution in [2.24, 2.45) is 5.41 Å². The SMILES string of the molecule is CCCCCCCCc1cc(C2OCC(C)(C)CO2)c(CCCCCCCC)cc1Br. The molecule has 3 heteroatoms.